The third-order valence-electron chi connectivity index (χ3n) is 4.02. The minimum Gasteiger partial charge on any atom is -0.497 e. The van der Waals surface area contributed by atoms with Crippen LogP contribution in [0.1, 0.15) is 24.2 Å². The number of methoxy groups -OCH3 is 1. The lowest BCUT2D eigenvalue weighted by molar-refractivity contribution is 0.102. The van der Waals surface area contributed by atoms with Crippen molar-refractivity contribution < 1.29 is 14.3 Å². The van der Waals surface area contributed by atoms with E-state index < -0.39 is 0 Å². The number of carbonyl (C=O) groups is 1. The van der Waals surface area contributed by atoms with Gasteiger partial charge in [-0.25, -0.2) is 0 Å². The van der Waals surface area contributed by atoms with E-state index in [0.717, 1.165) is 22.8 Å². The minimum atomic E-state index is -0.168. The molecule has 2 N–H and O–H groups in total. The number of rotatable bonds is 7. The van der Waals surface area contributed by atoms with Gasteiger partial charge in [0.15, 0.2) is 0 Å². The zero-order valence-electron chi connectivity index (χ0n) is 16.2. The Balaban J connectivity index is 1.66. The monoisotopic (exact) mass is 376 g/mol. The van der Waals surface area contributed by atoms with Crippen molar-refractivity contribution in [1.82, 2.24) is 0 Å². The van der Waals surface area contributed by atoms with Crippen molar-refractivity contribution in [3.63, 3.8) is 0 Å². The molecule has 1 amide bonds. The largest absolute Gasteiger partial charge is 0.497 e. The normalized spacial score (nSPS) is 10.4. The van der Waals surface area contributed by atoms with E-state index in [1.54, 1.807) is 31.4 Å². The lowest BCUT2D eigenvalue weighted by atomic mass is 10.2. The van der Waals surface area contributed by atoms with Gasteiger partial charge < -0.3 is 20.1 Å². The summed E-state index contributed by atoms with van der Waals surface area (Å²) in [5.41, 5.74) is 3.09. The molecule has 28 heavy (non-hydrogen) atoms. The number of carbonyl (C=O) groups excluding carboxylic acids is 1. The molecule has 144 valence electrons. The molecular formula is C23H24N2O3. The number of benzene rings is 3. The van der Waals surface area contributed by atoms with Gasteiger partial charge in [0.25, 0.3) is 5.91 Å². The van der Waals surface area contributed by atoms with Gasteiger partial charge in [-0.2, -0.15) is 0 Å². The molecule has 3 aromatic rings. The number of nitrogens with one attached hydrogen (secondary N) is 2. The van der Waals surface area contributed by atoms with Gasteiger partial charge in [-0.1, -0.05) is 12.1 Å². The van der Waals surface area contributed by atoms with Gasteiger partial charge in [0.1, 0.15) is 11.5 Å². The Bertz CT molecular complexity index is 919. The van der Waals surface area contributed by atoms with Gasteiger partial charge in [0.05, 0.1) is 18.9 Å². The smallest absolute Gasteiger partial charge is 0.255 e. The molecule has 0 heterocycles. The summed E-state index contributed by atoms with van der Waals surface area (Å²) in [6, 6.07) is 22.3. The molecule has 0 radical (unpaired) electrons. The number of para-hydroxylation sites is 2. The van der Waals surface area contributed by atoms with Crippen molar-refractivity contribution in [3.8, 4) is 11.5 Å². The van der Waals surface area contributed by atoms with Crippen molar-refractivity contribution >= 4 is 23.0 Å². The summed E-state index contributed by atoms with van der Waals surface area (Å²) in [5, 5.41) is 6.24. The summed E-state index contributed by atoms with van der Waals surface area (Å²) in [6.45, 7) is 3.99. The molecule has 0 aliphatic rings. The Labute approximate surface area is 165 Å². The maximum Gasteiger partial charge on any atom is 0.255 e. The number of hydrogen-bond acceptors (Lipinski definition) is 4. The maximum absolute atomic E-state index is 12.4. The lowest BCUT2D eigenvalue weighted by Crippen LogP contribution is -2.11. The number of anilines is 3. The average Bonchev–Trinajstić information content (AvgIpc) is 2.70. The van der Waals surface area contributed by atoms with Crippen LogP contribution in [0.2, 0.25) is 0 Å². The van der Waals surface area contributed by atoms with Gasteiger partial charge in [-0.3, -0.25) is 4.79 Å². The van der Waals surface area contributed by atoms with E-state index in [1.807, 2.05) is 62.4 Å². The first kappa shape index (κ1) is 19.3. The first-order valence-corrected chi connectivity index (χ1v) is 9.13. The molecule has 0 saturated carbocycles. The Hall–Kier alpha value is -3.47. The number of ether oxygens (including phenoxy) is 2. The molecular weight excluding hydrogens is 352 g/mol. The molecule has 0 unspecified atom stereocenters. The van der Waals surface area contributed by atoms with Crippen molar-refractivity contribution in [3.05, 3.63) is 78.4 Å². The van der Waals surface area contributed by atoms with E-state index in [2.05, 4.69) is 10.6 Å². The van der Waals surface area contributed by atoms with Crippen LogP contribution >= 0.6 is 0 Å². The van der Waals surface area contributed by atoms with Crippen LogP contribution in [0.4, 0.5) is 17.1 Å². The second-order valence-corrected chi connectivity index (χ2v) is 6.55. The van der Waals surface area contributed by atoms with Crippen LogP contribution in [-0.4, -0.2) is 19.1 Å². The average molecular weight is 376 g/mol. The summed E-state index contributed by atoms with van der Waals surface area (Å²) in [5.74, 6) is 1.35. The quantitative estimate of drug-likeness (QED) is 0.573. The highest BCUT2D eigenvalue weighted by Gasteiger charge is 2.08. The van der Waals surface area contributed by atoms with Crippen LogP contribution in [0.3, 0.4) is 0 Å². The van der Waals surface area contributed by atoms with Gasteiger partial charge in [0, 0.05) is 16.9 Å². The first-order chi connectivity index (χ1) is 13.5. The zero-order valence-corrected chi connectivity index (χ0v) is 16.2. The van der Waals surface area contributed by atoms with Crippen LogP contribution in [0.25, 0.3) is 0 Å². The van der Waals surface area contributed by atoms with Crippen LogP contribution in [0.5, 0.6) is 11.5 Å². The molecule has 0 fully saturated rings. The van der Waals surface area contributed by atoms with Gasteiger partial charge in [0.2, 0.25) is 0 Å². The molecule has 5 heteroatoms. The fraction of sp³-hybridized carbons (Fsp3) is 0.174. The molecule has 0 atom stereocenters. The molecule has 5 nitrogen and oxygen atoms in total. The van der Waals surface area contributed by atoms with E-state index in [9.17, 15) is 4.79 Å². The highest BCUT2D eigenvalue weighted by atomic mass is 16.5. The predicted octanol–water partition coefficient (Wildman–Crippen LogP) is 5.48. The fourth-order valence-corrected chi connectivity index (χ4v) is 2.66. The highest BCUT2D eigenvalue weighted by molar-refractivity contribution is 6.04. The molecule has 0 aliphatic heterocycles. The predicted molar refractivity (Wildman–Crippen MR) is 113 cm³/mol. The standard InChI is InChI=1S/C23H24N2O3/c1-16(2)28-22-7-5-4-6-21(22)24-18-10-12-19(13-11-18)25-23(26)17-8-14-20(27-3)15-9-17/h4-16,24H,1-3H3,(H,25,26). The van der Waals surface area contributed by atoms with Gasteiger partial charge in [-0.05, 0) is 74.5 Å². The Morgan fingerprint density at radius 1 is 0.857 bits per heavy atom. The van der Waals surface area contributed by atoms with E-state index in [4.69, 9.17) is 9.47 Å². The Kier molecular flexibility index (Phi) is 6.17. The topological polar surface area (TPSA) is 59.6 Å². The molecule has 0 aromatic heterocycles. The van der Waals surface area contributed by atoms with Crippen molar-refractivity contribution in [2.45, 2.75) is 20.0 Å². The number of hydrogen-bond donors (Lipinski definition) is 2. The van der Waals surface area contributed by atoms with E-state index >= 15 is 0 Å². The zero-order chi connectivity index (χ0) is 19.9. The first-order valence-electron chi connectivity index (χ1n) is 9.13. The maximum atomic E-state index is 12.4. The summed E-state index contributed by atoms with van der Waals surface area (Å²) in [7, 11) is 1.60. The summed E-state index contributed by atoms with van der Waals surface area (Å²) in [4.78, 5) is 12.4. The van der Waals surface area contributed by atoms with Gasteiger partial charge >= 0.3 is 0 Å². The summed E-state index contributed by atoms with van der Waals surface area (Å²) < 4.78 is 10.9. The van der Waals surface area contributed by atoms with E-state index in [0.29, 0.717) is 11.3 Å². The van der Waals surface area contributed by atoms with Crippen LogP contribution in [0.15, 0.2) is 72.8 Å². The molecule has 3 rings (SSSR count). The van der Waals surface area contributed by atoms with Crippen LogP contribution in [0, 0.1) is 0 Å². The molecule has 0 saturated heterocycles. The van der Waals surface area contributed by atoms with Gasteiger partial charge in [-0.15, -0.1) is 0 Å². The van der Waals surface area contributed by atoms with E-state index in [-0.39, 0.29) is 12.0 Å². The Morgan fingerprint density at radius 2 is 1.50 bits per heavy atom. The molecule has 3 aromatic carbocycles. The molecule has 0 spiro atoms. The second kappa shape index (κ2) is 8.95. The Morgan fingerprint density at radius 3 is 2.14 bits per heavy atom. The fourth-order valence-electron chi connectivity index (χ4n) is 2.66. The van der Waals surface area contributed by atoms with Crippen LogP contribution in [-0.2, 0) is 0 Å². The summed E-state index contributed by atoms with van der Waals surface area (Å²) >= 11 is 0. The van der Waals surface area contributed by atoms with Crippen molar-refractivity contribution in [2.75, 3.05) is 17.7 Å². The second-order valence-electron chi connectivity index (χ2n) is 6.55. The number of amides is 1. The summed E-state index contributed by atoms with van der Waals surface area (Å²) in [6.07, 6.45) is 0.0958. The third-order valence-corrected chi connectivity index (χ3v) is 4.02. The highest BCUT2D eigenvalue weighted by Crippen LogP contribution is 2.28. The molecule has 0 aliphatic carbocycles. The third kappa shape index (κ3) is 5.04. The SMILES string of the molecule is COc1ccc(C(=O)Nc2ccc(Nc3ccccc3OC(C)C)cc2)cc1. The molecule has 0 bridgehead atoms. The van der Waals surface area contributed by atoms with Crippen molar-refractivity contribution in [1.29, 1.82) is 0 Å². The lowest BCUT2D eigenvalue weighted by Gasteiger charge is -2.15. The van der Waals surface area contributed by atoms with Crippen molar-refractivity contribution in [2.24, 2.45) is 0 Å². The van der Waals surface area contributed by atoms with E-state index in [1.165, 1.54) is 0 Å². The minimum absolute atomic E-state index is 0.0958. The van der Waals surface area contributed by atoms with Crippen LogP contribution < -0.4 is 20.1 Å².